The Morgan fingerprint density at radius 1 is 1.50 bits per heavy atom. The van der Waals surface area contributed by atoms with E-state index in [0.717, 1.165) is 5.82 Å². The summed E-state index contributed by atoms with van der Waals surface area (Å²) in [5.41, 5.74) is 0. The van der Waals surface area contributed by atoms with Crippen LogP contribution in [0.4, 0.5) is 5.82 Å². The second-order valence-electron chi connectivity index (χ2n) is 2.78. The van der Waals surface area contributed by atoms with Crippen LogP contribution in [0.25, 0.3) is 0 Å². The Morgan fingerprint density at radius 3 is 2.69 bits per heavy atom. The molecule has 3 nitrogen and oxygen atoms in total. The van der Waals surface area contributed by atoms with Gasteiger partial charge in [-0.3, -0.25) is 0 Å². The fourth-order valence-corrected chi connectivity index (χ4v) is 1.61. The van der Waals surface area contributed by atoms with E-state index in [-0.39, 0.29) is 51.4 Å². The molecule has 0 aromatic carbocycles. The number of thiocarbonyl (C=S) groups is 1. The summed E-state index contributed by atoms with van der Waals surface area (Å²) in [6, 6.07) is 5.56. The largest absolute Gasteiger partial charge is 1.00 e. The Morgan fingerprint density at radius 2 is 2.19 bits per heavy atom. The Labute approximate surface area is 150 Å². The molecule has 82 valence electrons. The van der Waals surface area contributed by atoms with Crippen molar-refractivity contribution in [3.05, 3.63) is 18.2 Å². The smallest absolute Gasteiger partial charge is 0.478 e. The molecule has 1 aromatic heterocycles. The summed E-state index contributed by atoms with van der Waals surface area (Å²) in [4.78, 5) is 6.09. The molecule has 0 atom stereocenters. The first-order valence-corrected chi connectivity index (χ1v) is 5.59. The van der Waals surface area contributed by atoms with Crippen molar-refractivity contribution in [2.75, 3.05) is 18.1 Å². The van der Waals surface area contributed by atoms with Gasteiger partial charge in [-0.15, -0.1) is 0 Å². The molecule has 0 unspecified atom stereocenters. The van der Waals surface area contributed by atoms with Crippen molar-refractivity contribution in [1.29, 1.82) is 0 Å². The Kier molecular flexibility index (Phi) is 9.12. The van der Waals surface area contributed by atoms with Crippen LogP contribution in [-0.4, -0.2) is 22.5 Å². The number of pyridine rings is 1. The quantitative estimate of drug-likeness (QED) is 0.406. The minimum Gasteiger partial charge on any atom is -0.478 e. The summed E-state index contributed by atoms with van der Waals surface area (Å²) in [5.74, 6) is 1.34. The van der Waals surface area contributed by atoms with Crippen molar-refractivity contribution in [2.24, 2.45) is 0 Å². The molecule has 0 aliphatic rings. The second kappa shape index (κ2) is 8.74. The summed E-state index contributed by atoms with van der Waals surface area (Å²) >= 11 is 9.93. The molecule has 16 heavy (non-hydrogen) atoms. The summed E-state index contributed by atoms with van der Waals surface area (Å²) in [6.45, 7) is 5.21. The predicted molar refractivity (Wildman–Crippen MR) is 68.4 cm³/mol. The fraction of sp³-hybridized carbons (Fsp3) is 0.400. The van der Waals surface area contributed by atoms with E-state index in [1.54, 1.807) is 4.90 Å². The van der Waals surface area contributed by atoms with E-state index >= 15 is 0 Å². The fourth-order valence-electron chi connectivity index (χ4n) is 1.17. The second-order valence-corrected chi connectivity index (χ2v) is 3.81. The molecule has 0 spiro atoms. The van der Waals surface area contributed by atoms with Gasteiger partial charge in [0.05, 0.1) is 6.61 Å². The van der Waals surface area contributed by atoms with Gasteiger partial charge in [-0.05, 0) is 19.9 Å². The van der Waals surface area contributed by atoms with Crippen molar-refractivity contribution < 1.29 is 56.1 Å². The molecule has 0 bridgehead atoms. The number of anilines is 1. The zero-order valence-electron chi connectivity index (χ0n) is 9.77. The molecule has 1 aromatic rings. The van der Waals surface area contributed by atoms with Gasteiger partial charge in [0.1, 0.15) is 5.82 Å². The molecule has 6 heteroatoms. The van der Waals surface area contributed by atoms with Gasteiger partial charge in [0.25, 0.3) is 0 Å². The Balaban J connectivity index is 0.00000225. The van der Waals surface area contributed by atoms with Gasteiger partial charge < -0.3 is 34.5 Å². The summed E-state index contributed by atoms with van der Waals surface area (Å²) in [6.07, 6.45) is 0. The topological polar surface area (TPSA) is 25.4 Å². The van der Waals surface area contributed by atoms with Crippen molar-refractivity contribution in [1.82, 2.24) is 4.98 Å². The molecular formula is C10H13KN2OS2. The zero-order valence-corrected chi connectivity index (χ0v) is 14.5. The first-order valence-electron chi connectivity index (χ1n) is 4.77. The first kappa shape index (κ1) is 16.7. The molecule has 0 radical (unpaired) electrons. The maximum Gasteiger partial charge on any atom is 1.00 e. The number of ether oxygens (including phenoxy) is 1. The minimum absolute atomic E-state index is 0. The van der Waals surface area contributed by atoms with Crippen LogP contribution in [0.3, 0.4) is 0 Å². The summed E-state index contributed by atoms with van der Waals surface area (Å²) in [7, 11) is 0. The van der Waals surface area contributed by atoms with Crippen LogP contribution in [0.5, 0.6) is 5.88 Å². The molecule has 0 aliphatic carbocycles. The van der Waals surface area contributed by atoms with Gasteiger partial charge in [-0.2, -0.15) is 4.98 Å². The third-order valence-corrected chi connectivity index (χ3v) is 2.25. The van der Waals surface area contributed by atoms with Crippen LogP contribution in [-0.2, 0) is 12.6 Å². The number of rotatable bonds is 4. The van der Waals surface area contributed by atoms with E-state index in [1.165, 1.54) is 0 Å². The average molecular weight is 280 g/mol. The van der Waals surface area contributed by atoms with E-state index in [1.807, 2.05) is 32.0 Å². The molecular weight excluding hydrogens is 267 g/mol. The van der Waals surface area contributed by atoms with Gasteiger partial charge >= 0.3 is 51.4 Å². The van der Waals surface area contributed by atoms with Crippen LogP contribution < -0.4 is 61.0 Å². The van der Waals surface area contributed by atoms with Crippen molar-refractivity contribution >= 4 is 35.0 Å². The zero-order chi connectivity index (χ0) is 11.3. The van der Waals surface area contributed by atoms with E-state index in [2.05, 4.69) is 4.98 Å². The molecule has 1 rings (SSSR count). The van der Waals surface area contributed by atoms with Crippen molar-refractivity contribution in [3.63, 3.8) is 0 Å². The predicted octanol–water partition coefficient (Wildman–Crippen LogP) is -0.858. The van der Waals surface area contributed by atoms with E-state index in [4.69, 9.17) is 29.6 Å². The number of aromatic nitrogens is 1. The molecule has 0 aliphatic heterocycles. The molecule has 1 heterocycles. The summed E-state index contributed by atoms with van der Waals surface area (Å²) < 4.78 is 5.71. The molecule has 0 N–H and O–H groups in total. The van der Waals surface area contributed by atoms with Crippen molar-refractivity contribution in [3.8, 4) is 5.88 Å². The normalized spacial score (nSPS) is 9.12. The van der Waals surface area contributed by atoms with E-state index in [0.29, 0.717) is 23.4 Å². The van der Waals surface area contributed by atoms with Crippen LogP contribution in [0.15, 0.2) is 18.2 Å². The minimum atomic E-state index is 0. The number of hydrogen-bond donors (Lipinski definition) is 0. The van der Waals surface area contributed by atoms with E-state index < -0.39 is 0 Å². The monoisotopic (exact) mass is 280 g/mol. The van der Waals surface area contributed by atoms with Gasteiger partial charge in [0.2, 0.25) is 5.88 Å². The first-order chi connectivity index (χ1) is 7.19. The Bertz CT molecular complexity index is 349. The van der Waals surface area contributed by atoms with Crippen LogP contribution in [0.1, 0.15) is 13.8 Å². The Hall–Kier alpha value is 0.696. The molecule has 0 saturated heterocycles. The SMILES string of the molecule is CCOc1cccc(N(CC)C(=S)[S-])n1.[K+]. The molecule has 0 amide bonds. The molecule has 0 fully saturated rings. The average Bonchev–Trinajstić information content (AvgIpc) is 2.19. The van der Waals surface area contributed by atoms with Crippen LogP contribution >= 0.6 is 12.2 Å². The number of hydrogen-bond acceptors (Lipinski definition) is 4. The standard InChI is InChI=1S/C10H14N2OS2.K/c1-3-12(10(14)15)8-6-5-7-9(11-8)13-4-2;/h5-7H,3-4H2,1-2H3,(H,14,15);/q;+1/p-1. The van der Waals surface area contributed by atoms with Crippen LogP contribution in [0, 0.1) is 0 Å². The van der Waals surface area contributed by atoms with Gasteiger partial charge in [0.15, 0.2) is 0 Å². The summed E-state index contributed by atoms with van der Waals surface area (Å²) in [5, 5.41) is 0. The maximum absolute atomic E-state index is 5.31. The third-order valence-electron chi connectivity index (χ3n) is 1.81. The van der Waals surface area contributed by atoms with Gasteiger partial charge in [0, 0.05) is 12.6 Å². The third kappa shape index (κ3) is 4.91. The molecule has 0 saturated carbocycles. The van der Waals surface area contributed by atoms with Crippen molar-refractivity contribution in [2.45, 2.75) is 13.8 Å². The maximum atomic E-state index is 5.31. The van der Waals surface area contributed by atoms with Gasteiger partial charge in [-0.1, -0.05) is 10.4 Å². The van der Waals surface area contributed by atoms with Gasteiger partial charge in [-0.25, -0.2) is 0 Å². The number of nitrogens with zero attached hydrogens (tertiary/aromatic N) is 2. The van der Waals surface area contributed by atoms with E-state index in [9.17, 15) is 0 Å². The van der Waals surface area contributed by atoms with Crippen LogP contribution in [0.2, 0.25) is 0 Å².